The van der Waals surface area contributed by atoms with Crippen LogP contribution in [0.25, 0.3) is 11.1 Å². The predicted octanol–water partition coefficient (Wildman–Crippen LogP) is 2.17. The number of hydrogen-bond donors (Lipinski definition) is 3. The van der Waals surface area contributed by atoms with E-state index < -0.39 is 0 Å². The number of anilines is 1. The van der Waals surface area contributed by atoms with Crippen LogP contribution in [-0.2, 0) is 0 Å². The predicted molar refractivity (Wildman–Crippen MR) is 70.5 cm³/mol. The highest BCUT2D eigenvalue weighted by atomic mass is 32.1. The summed E-state index contributed by atoms with van der Waals surface area (Å²) in [5, 5.41) is 9.06. The van der Waals surface area contributed by atoms with Gasteiger partial charge >= 0.3 is 0 Å². The van der Waals surface area contributed by atoms with Gasteiger partial charge in [-0.25, -0.2) is 0 Å². The summed E-state index contributed by atoms with van der Waals surface area (Å²) in [5.41, 5.74) is 1.71. The third-order valence-electron chi connectivity index (χ3n) is 2.51. The fourth-order valence-corrected chi connectivity index (χ4v) is 1.86. The highest BCUT2D eigenvalue weighted by Gasteiger charge is 2.10. The zero-order valence-electron chi connectivity index (χ0n) is 9.85. The van der Waals surface area contributed by atoms with Gasteiger partial charge in [-0.15, -0.1) is 5.10 Å². The molecule has 7 nitrogen and oxygen atoms in total. The number of H-pyrrole nitrogens is 2. The van der Waals surface area contributed by atoms with Gasteiger partial charge in [-0.3, -0.25) is 15.2 Å². The summed E-state index contributed by atoms with van der Waals surface area (Å²) in [6.07, 6.45) is 0. The first-order valence-electron chi connectivity index (χ1n) is 5.45. The fraction of sp³-hybridized carbons (Fsp3) is 0.0909. The highest BCUT2D eigenvalue weighted by Crippen LogP contribution is 2.16. The first-order chi connectivity index (χ1) is 9.11. The Labute approximate surface area is 112 Å². The number of rotatable bonds is 2. The van der Waals surface area contributed by atoms with Gasteiger partial charge in [-0.2, -0.15) is 4.98 Å². The Morgan fingerprint density at radius 2 is 2.32 bits per heavy atom. The highest BCUT2D eigenvalue weighted by molar-refractivity contribution is 7.71. The van der Waals surface area contributed by atoms with Crippen molar-refractivity contribution in [3.63, 3.8) is 0 Å². The van der Waals surface area contributed by atoms with E-state index in [9.17, 15) is 4.79 Å². The Bertz CT molecular complexity index is 816. The van der Waals surface area contributed by atoms with Crippen LogP contribution in [0.3, 0.4) is 0 Å². The number of carbonyl (C=O) groups is 1. The zero-order valence-corrected chi connectivity index (χ0v) is 10.7. The quantitative estimate of drug-likeness (QED) is 0.622. The molecule has 0 aliphatic rings. The maximum atomic E-state index is 12.0. The van der Waals surface area contributed by atoms with E-state index in [0.29, 0.717) is 17.0 Å². The molecule has 1 amide bonds. The lowest BCUT2D eigenvalue weighted by molar-refractivity contribution is 0.102. The SMILES string of the molecule is Cc1nc(NC(=O)c2ccc3[nH]c(=S)oc3c2)n[nH]1. The van der Waals surface area contributed by atoms with E-state index in [-0.39, 0.29) is 16.7 Å². The molecule has 3 aromatic rings. The second-order valence-corrected chi connectivity index (χ2v) is 4.29. The summed E-state index contributed by atoms with van der Waals surface area (Å²) in [4.78, 5) is 19.1. The van der Waals surface area contributed by atoms with E-state index in [2.05, 4.69) is 25.5 Å². The second kappa shape index (κ2) is 4.32. The number of amides is 1. The number of oxazole rings is 1. The molecule has 3 rings (SSSR count). The molecule has 19 heavy (non-hydrogen) atoms. The number of carbonyl (C=O) groups excluding carboxylic acids is 1. The molecular weight excluding hydrogens is 266 g/mol. The number of aryl methyl sites for hydroxylation is 1. The molecule has 0 fully saturated rings. The van der Waals surface area contributed by atoms with E-state index >= 15 is 0 Å². The van der Waals surface area contributed by atoms with Crippen molar-refractivity contribution in [3.8, 4) is 0 Å². The van der Waals surface area contributed by atoms with Gasteiger partial charge in [0.15, 0.2) is 5.58 Å². The van der Waals surface area contributed by atoms with Crippen molar-refractivity contribution >= 4 is 35.2 Å². The lowest BCUT2D eigenvalue weighted by Crippen LogP contribution is -2.12. The van der Waals surface area contributed by atoms with Crippen molar-refractivity contribution < 1.29 is 9.21 Å². The molecule has 0 radical (unpaired) electrons. The van der Waals surface area contributed by atoms with Gasteiger partial charge in [0.05, 0.1) is 5.52 Å². The van der Waals surface area contributed by atoms with Crippen molar-refractivity contribution in [2.45, 2.75) is 6.92 Å². The van der Waals surface area contributed by atoms with Crippen LogP contribution in [0.4, 0.5) is 5.95 Å². The van der Waals surface area contributed by atoms with E-state index in [0.717, 1.165) is 5.52 Å². The first-order valence-corrected chi connectivity index (χ1v) is 5.86. The lowest BCUT2D eigenvalue weighted by Gasteiger charge is -2.00. The molecule has 0 saturated carbocycles. The smallest absolute Gasteiger partial charge is 0.266 e. The van der Waals surface area contributed by atoms with Crippen LogP contribution < -0.4 is 5.32 Å². The van der Waals surface area contributed by atoms with Gasteiger partial charge in [0.1, 0.15) is 5.82 Å². The van der Waals surface area contributed by atoms with Gasteiger partial charge in [-0.1, -0.05) is 0 Å². The van der Waals surface area contributed by atoms with Crippen molar-refractivity contribution in [2.24, 2.45) is 0 Å². The molecule has 3 N–H and O–H groups in total. The Morgan fingerprint density at radius 3 is 3.05 bits per heavy atom. The van der Waals surface area contributed by atoms with Crippen molar-refractivity contribution in [3.05, 3.63) is 34.4 Å². The molecule has 2 aromatic heterocycles. The summed E-state index contributed by atoms with van der Waals surface area (Å²) < 4.78 is 5.25. The van der Waals surface area contributed by atoms with Crippen molar-refractivity contribution in [2.75, 3.05) is 5.32 Å². The van der Waals surface area contributed by atoms with Crippen LogP contribution in [0.2, 0.25) is 0 Å². The molecule has 8 heteroatoms. The van der Waals surface area contributed by atoms with Crippen LogP contribution in [0.5, 0.6) is 0 Å². The van der Waals surface area contributed by atoms with Crippen LogP contribution in [0, 0.1) is 11.8 Å². The summed E-state index contributed by atoms with van der Waals surface area (Å²) in [6, 6.07) is 5.00. The number of benzene rings is 1. The molecule has 0 aliphatic heterocycles. The fourth-order valence-electron chi connectivity index (χ4n) is 1.66. The van der Waals surface area contributed by atoms with Gasteiger partial charge in [0.2, 0.25) is 5.95 Å². The van der Waals surface area contributed by atoms with E-state index in [4.69, 9.17) is 16.6 Å². The second-order valence-electron chi connectivity index (χ2n) is 3.92. The molecule has 1 aromatic carbocycles. The minimum Gasteiger partial charge on any atom is -0.429 e. The number of hydrogen-bond acceptors (Lipinski definition) is 5. The van der Waals surface area contributed by atoms with Crippen LogP contribution in [0.1, 0.15) is 16.2 Å². The van der Waals surface area contributed by atoms with E-state index in [1.807, 2.05) is 0 Å². The average Bonchev–Trinajstić information content (AvgIpc) is 2.93. The number of aromatic amines is 2. The van der Waals surface area contributed by atoms with Gasteiger partial charge in [0, 0.05) is 5.56 Å². The molecule has 0 unspecified atom stereocenters. The Hall–Kier alpha value is -2.48. The minimum atomic E-state index is -0.316. The van der Waals surface area contributed by atoms with Crippen molar-refractivity contribution in [1.82, 2.24) is 20.2 Å². The molecule has 0 aliphatic carbocycles. The van der Waals surface area contributed by atoms with Gasteiger partial charge < -0.3 is 9.40 Å². The summed E-state index contributed by atoms with van der Waals surface area (Å²) in [5.74, 6) is 0.544. The number of nitrogens with one attached hydrogen (secondary N) is 3. The lowest BCUT2D eigenvalue weighted by atomic mass is 10.2. The molecule has 0 atom stereocenters. The Kier molecular flexibility index (Phi) is 2.64. The number of fused-ring (bicyclic) bond motifs is 1. The zero-order chi connectivity index (χ0) is 13.4. The maximum Gasteiger partial charge on any atom is 0.266 e. The average molecular weight is 275 g/mol. The molecule has 0 saturated heterocycles. The van der Waals surface area contributed by atoms with E-state index in [1.165, 1.54) is 0 Å². The third kappa shape index (κ3) is 2.25. The number of aromatic nitrogens is 4. The summed E-state index contributed by atoms with van der Waals surface area (Å²) >= 11 is 4.88. The monoisotopic (exact) mass is 275 g/mol. The molecule has 96 valence electrons. The third-order valence-corrected chi connectivity index (χ3v) is 2.69. The van der Waals surface area contributed by atoms with Crippen molar-refractivity contribution in [1.29, 1.82) is 0 Å². The van der Waals surface area contributed by atoms with Gasteiger partial charge in [0.25, 0.3) is 10.7 Å². The number of nitrogens with zero attached hydrogens (tertiary/aromatic N) is 2. The minimum absolute atomic E-state index is 0.234. The van der Waals surface area contributed by atoms with Crippen LogP contribution >= 0.6 is 12.2 Å². The molecule has 2 heterocycles. The normalized spacial score (nSPS) is 10.8. The molecular formula is C11H9N5O2S. The first kappa shape index (κ1) is 11.6. The van der Waals surface area contributed by atoms with Gasteiger partial charge in [-0.05, 0) is 37.3 Å². The maximum absolute atomic E-state index is 12.0. The summed E-state index contributed by atoms with van der Waals surface area (Å²) in [6.45, 7) is 1.75. The standard InChI is InChI=1S/C11H9N5O2S/c1-5-12-10(16-15-5)14-9(17)6-2-3-7-8(4-6)18-11(19)13-7/h2-4H,1H3,(H,13,19)(H2,12,14,15,16,17). The van der Waals surface area contributed by atoms with Crippen LogP contribution in [0.15, 0.2) is 22.6 Å². The Morgan fingerprint density at radius 1 is 1.47 bits per heavy atom. The molecule has 0 spiro atoms. The summed E-state index contributed by atoms with van der Waals surface area (Å²) in [7, 11) is 0. The Balaban J connectivity index is 1.90. The molecule has 0 bridgehead atoms. The topological polar surface area (TPSA) is 99.6 Å². The van der Waals surface area contributed by atoms with E-state index in [1.54, 1.807) is 25.1 Å². The van der Waals surface area contributed by atoms with Crippen LogP contribution in [-0.4, -0.2) is 26.1 Å². The largest absolute Gasteiger partial charge is 0.429 e.